The van der Waals surface area contributed by atoms with Crippen molar-refractivity contribution in [1.82, 2.24) is 20.4 Å². The molecule has 1 aromatic carbocycles. The van der Waals surface area contributed by atoms with Crippen molar-refractivity contribution < 1.29 is 9.47 Å². The van der Waals surface area contributed by atoms with Crippen LogP contribution in [-0.4, -0.2) is 56.3 Å². The van der Waals surface area contributed by atoms with Gasteiger partial charge in [0.2, 0.25) is 0 Å². The Morgan fingerprint density at radius 1 is 1.15 bits per heavy atom. The SMILES string of the molecule is CN=C(NCCOCCOC)NCc1ccccc1-n1nc(C)cc1C.I. The molecule has 0 aliphatic rings. The minimum absolute atomic E-state index is 0. The van der Waals surface area contributed by atoms with E-state index in [1.807, 2.05) is 23.7 Å². The van der Waals surface area contributed by atoms with E-state index >= 15 is 0 Å². The fraction of sp³-hybridized carbons (Fsp3) is 0.474. The Labute approximate surface area is 178 Å². The van der Waals surface area contributed by atoms with Crippen LogP contribution in [0, 0.1) is 13.8 Å². The summed E-state index contributed by atoms with van der Waals surface area (Å²) in [7, 11) is 3.42. The molecule has 0 aliphatic heterocycles. The maximum atomic E-state index is 5.44. The first kappa shape index (κ1) is 23.4. The lowest BCUT2D eigenvalue weighted by molar-refractivity contribution is 0.0733. The average molecular weight is 487 g/mol. The van der Waals surface area contributed by atoms with E-state index in [4.69, 9.17) is 9.47 Å². The van der Waals surface area contributed by atoms with Gasteiger partial charge in [0.1, 0.15) is 0 Å². The van der Waals surface area contributed by atoms with Crippen LogP contribution < -0.4 is 10.6 Å². The lowest BCUT2D eigenvalue weighted by atomic mass is 10.1. The van der Waals surface area contributed by atoms with Crippen molar-refractivity contribution in [2.75, 3.05) is 40.5 Å². The van der Waals surface area contributed by atoms with Gasteiger partial charge >= 0.3 is 0 Å². The summed E-state index contributed by atoms with van der Waals surface area (Å²) in [4.78, 5) is 4.25. The fourth-order valence-electron chi connectivity index (χ4n) is 2.63. The van der Waals surface area contributed by atoms with Crippen molar-refractivity contribution in [2.24, 2.45) is 4.99 Å². The van der Waals surface area contributed by atoms with Gasteiger partial charge in [-0.2, -0.15) is 5.10 Å². The molecule has 0 fully saturated rings. The normalized spacial score (nSPS) is 11.2. The first-order valence-corrected chi connectivity index (χ1v) is 8.78. The molecule has 27 heavy (non-hydrogen) atoms. The molecule has 8 heteroatoms. The minimum atomic E-state index is 0. The average Bonchev–Trinajstić information content (AvgIpc) is 2.99. The molecule has 0 aliphatic carbocycles. The molecular weight excluding hydrogens is 457 g/mol. The van der Waals surface area contributed by atoms with Crippen LogP contribution in [0.25, 0.3) is 5.69 Å². The van der Waals surface area contributed by atoms with Crippen molar-refractivity contribution in [3.8, 4) is 5.69 Å². The molecule has 7 nitrogen and oxygen atoms in total. The highest BCUT2D eigenvalue weighted by atomic mass is 127. The number of aromatic nitrogens is 2. The Kier molecular flexibility index (Phi) is 11.0. The third kappa shape index (κ3) is 7.47. The minimum Gasteiger partial charge on any atom is -0.382 e. The van der Waals surface area contributed by atoms with Crippen LogP contribution in [-0.2, 0) is 16.0 Å². The van der Waals surface area contributed by atoms with Gasteiger partial charge < -0.3 is 20.1 Å². The molecule has 2 aromatic rings. The molecule has 0 unspecified atom stereocenters. The van der Waals surface area contributed by atoms with Crippen LogP contribution in [0.15, 0.2) is 35.3 Å². The molecule has 1 aromatic heterocycles. The number of guanidine groups is 1. The maximum absolute atomic E-state index is 5.44. The molecular formula is C19H30IN5O2. The van der Waals surface area contributed by atoms with E-state index in [0.717, 1.165) is 28.6 Å². The number of nitrogens with one attached hydrogen (secondary N) is 2. The maximum Gasteiger partial charge on any atom is 0.191 e. The van der Waals surface area contributed by atoms with Crippen LogP contribution in [0.4, 0.5) is 0 Å². The number of hydrogen-bond acceptors (Lipinski definition) is 4. The van der Waals surface area contributed by atoms with E-state index in [9.17, 15) is 0 Å². The Morgan fingerprint density at radius 3 is 2.59 bits per heavy atom. The number of para-hydroxylation sites is 1. The molecule has 0 bridgehead atoms. The quantitative estimate of drug-likeness (QED) is 0.246. The molecule has 1 heterocycles. The topological polar surface area (TPSA) is 72.7 Å². The number of aliphatic imine (C=N–C) groups is 1. The van der Waals surface area contributed by atoms with Crippen LogP contribution >= 0.6 is 24.0 Å². The van der Waals surface area contributed by atoms with Crippen LogP contribution in [0.3, 0.4) is 0 Å². The van der Waals surface area contributed by atoms with Crippen molar-refractivity contribution in [2.45, 2.75) is 20.4 Å². The lowest BCUT2D eigenvalue weighted by Crippen LogP contribution is -2.38. The zero-order chi connectivity index (χ0) is 18.8. The summed E-state index contributed by atoms with van der Waals surface area (Å²) in [5, 5.41) is 11.2. The van der Waals surface area contributed by atoms with Crippen molar-refractivity contribution in [3.05, 3.63) is 47.3 Å². The number of methoxy groups -OCH3 is 1. The largest absolute Gasteiger partial charge is 0.382 e. The van der Waals surface area contributed by atoms with E-state index < -0.39 is 0 Å². The predicted molar refractivity (Wildman–Crippen MR) is 119 cm³/mol. The van der Waals surface area contributed by atoms with Gasteiger partial charge in [0.15, 0.2) is 5.96 Å². The molecule has 0 saturated heterocycles. The van der Waals surface area contributed by atoms with Crippen molar-refractivity contribution >= 4 is 29.9 Å². The summed E-state index contributed by atoms with van der Waals surface area (Å²) < 4.78 is 12.4. The number of hydrogen-bond donors (Lipinski definition) is 2. The van der Waals surface area contributed by atoms with E-state index in [1.54, 1.807) is 14.2 Å². The third-order valence-electron chi connectivity index (χ3n) is 3.87. The Morgan fingerprint density at radius 2 is 1.93 bits per heavy atom. The number of benzene rings is 1. The predicted octanol–water partition coefficient (Wildman–Crippen LogP) is 2.44. The highest BCUT2D eigenvalue weighted by molar-refractivity contribution is 14.0. The van der Waals surface area contributed by atoms with Gasteiger partial charge in [-0.3, -0.25) is 4.99 Å². The number of ether oxygens (including phenoxy) is 2. The summed E-state index contributed by atoms with van der Waals surface area (Å²) in [6, 6.07) is 10.3. The summed E-state index contributed by atoms with van der Waals surface area (Å²) >= 11 is 0. The second-order valence-electron chi connectivity index (χ2n) is 5.93. The van der Waals surface area contributed by atoms with Gasteiger partial charge in [-0.25, -0.2) is 4.68 Å². The standard InChI is InChI=1S/C19H29N5O2.HI/c1-15-13-16(2)24(23-15)18-8-6-5-7-17(18)14-22-19(20-3)21-9-10-26-12-11-25-4;/h5-8,13H,9-12,14H2,1-4H3,(H2,20,21,22);1H. The Balaban J connectivity index is 0.00000364. The monoisotopic (exact) mass is 487 g/mol. The van der Waals surface area contributed by atoms with Crippen LogP contribution in [0.2, 0.25) is 0 Å². The number of aryl methyl sites for hydroxylation is 2. The van der Waals surface area contributed by atoms with Crippen LogP contribution in [0.1, 0.15) is 17.0 Å². The Hall–Kier alpha value is -1.65. The molecule has 0 saturated carbocycles. The molecule has 150 valence electrons. The van der Waals surface area contributed by atoms with Gasteiger partial charge in [0.05, 0.1) is 31.2 Å². The number of halogens is 1. The fourth-order valence-corrected chi connectivity index (χ4v) is 2.63. The second-order valence-corrected chi connectivity index (χ2v) is 5.93. The number of rotatable bonds is 9. The highest BCUT2D eigenvalue weighted by Crippen LogP contribution is 2.16. The molecule has 2 rings (SSSR count). The van der Waals surface area contributed by atoms with Gasteiger partial charge in [-0.05, 0) is 31.5 Å². The zero-order valence-corrected chi connectivity index (χ0v) is 18.8. The molecule has 0 atom stereocenters. The van der Waals surface area contributed by atoms with E-state index in [1.165, 1.54) is 0 Å². The molecule has 0 spiro atoms. The first-order chi connectivity index (χ1) is 12.7. The van der Waals surface area contributed by atoms with E-state index in [2.05, 4.69) is 45.8 Å². The lowest BCUT2D eigenvalue weighted by Gasteiger charge is -2.15. The summed E-state index contributed by atoms with van der Waals surface area (Å²) in [6.07, 6.45) is 0. The van der Waals surface area contributed by atoms with Gasteiger partial charge in [0.25, 0.3) is 0 Å². The number of nitrogens with zero attached hydrogens (tertiary/aromatic N) is 3. The van der Waals surface area contributed by atoms with Gasteiger partial charge in [0, 0.05) is 32.9 Å². The van der Waals surface area contributed by atoms with E-state index in [-0.39, 0.29) is 24.0 Å². The third-order valence-corrected chi connectivity index (χ3v) is 3.87. The first-order valence-electron chi connectivity index (χ1n) is 8.78. The zero-order valence-electron chi connectivity index (χ0n) is 16.5. The molecule has 0 amide bonds. The van der Waals surface area contributed by atoms with Crippen molar-refractivity contribution in [1.29, 1.82) is 0 Å². The van der Waals surface area contributed by atoms with E-state index in [0.29, 0.717) is 32.9 Å². The van der Waals surface area contributed by atoms with Crippen LogP contribution in [0.5, 0.6) is 0 Å². The van der Waals surface area contributed by atoms with Crippen molar-refractivity contribution in [3.63, 3.8) is 0 Å². The smallest absolute Gasteiger partial charge is 0.191 e. The Bertz CT molecular complexity index is 718. The summed E-state index contributed by atoms with van der Waals surface area (Å²) in [5.74, 6) is 0.739. The summed E-state index contributed by atoms with van der Waals surface area (Å²) in [5.41, 5.74) is 4.35. The molecule has 0 radical (unpaired) electrons. The van der Waals surface area contributed by atoms with Gasteiger partial charge in [-0.1, -0.05) is 18.2 Å². The second kappa shape index (κ2) is 12.7. The van der Waals surface area contributed by atoms with Gasteiger partial charge in [-0.15, -0.1) is 24.0 Å². The molecule has 2 N–H and O–H groups in total. The summed E-state index contributed by atoms with van der Waals surface area (Å²) in [6.45, 7) is 7.21. The highest BCUT2D eigenvalue weighted by Gasteiger charge is 2.09.